The second-order valence-corrected chi connectivity index (χ2v) is 7.69. The van der Waals surface area contributed by atoms with Gasteiger partial charge in [0.25, 0.3) is 0 Å². The van der Waals surface area contributed by atoms with Crippen LogP contribution in [-0.4, -0.2) is 24.0 Å². The van der Waals surface area contributed by atoms with Gasteiger partial charge in [0.15, 0.2) is 5.13 Å². The summed E-state index contributed by atoms with van der Waals surface area (Å²) in [6, 6.07) is 0. The smallest absolute Gasteiger partial charge is 0.229 e. The van der Waals surface area contributed by atoms with Crippen LogP contribution in [0.4, 0.5) is 5.13 Å². The third-order valence-electron chi connectivity index (χ3n) is 4.97. The van der Waals surface area contributed by atoms with E-state index in [0.29, 0.717) is 5.92 Å². The van der Waals surface area contributed by atoms with Gasteiger partial charge in [0.05, 0.1) is 0 Å². The third kappa shape index (κ3) is 4.29. The van der Waals surface area contributed by atoms with Gasteiger partial charge in [-0.05, 0) is 44.7 Å². The zero-order valence-electron chi connectivity index (χ0n) is 13.3. The number of nitrogens with zero attached hydrogens (tertiary/aromatic N) is 1. The molecule has 122 valence electrons. The topological polar surface area (TPSA) is 54.0 Å². The number of carbonyl (C=O) groups excluding carboxylic acids is 1. The van der Waals surface area contributed by atoms with E-state index < -0.39 is 0 Å². The number of nitrogens with one attached hydrogen (secondary N) is 2. The lowest BCUT2D eigenvalue weighted by Gasteiger charge is -2.20. The molecule has 0 radical (unpaired) electrons. The van der Waals surface area contributed by atoms with Crippen LogP contribution < -0.4 is 10.6 Å². The monoisotopic (exact) mass is 321 g/mol. The molecule has 0 spiro atoms. The van der Waals surface area contributed by atoms with E-state index in [9.17, 15) is 4.79 Å². The minimum atomic E-state index is 0.187. The third-order valence-corrected chi connectivity index (χ3v) is 6.05. The molecule has 0 bridgehead atoms. The molecule has 1 amide bonds. The Labute approximate surface area is 137 Å². The maximum absolute atomic E-state index is 12.5. The Morgan fingerprint density at radius 3 is 2.50 bits per heavy atom. The zero-order valence-corrected chi connectivity index (χ0v) is 14.1. The van der Waals surface area contributed by atoms with Crippen molar-refractivity contribution in [3.8, 4) is 0 Å². The number of amides is 1. The summed E-state index contributed by atoms with van der Waals surface area (Å²) in [5.74, 6) is 0.991. The number of aromatic nitrogens is 1. The molecule has 5 heteroatoms. The minimum absolute atomic E-state index is 0.187. The van der Waals surface area contributed by atoms with Crippen molar-refractivity contribution in [1.82, 2.24) is 10.3 Å². The second-order valence-electron chi connectivity index (χ2n) is 6.62. The summed E-state index contributed by atoms with van der Waals surface area (Å²) in [5.41, 5.74) is 0. The van der Waals surface area contributed by atoms with Crippen molar-refractivity contribution >= 4 is 22.4 Å². The quantitative estimate of drug-likeness (QED) is 0.887. The summed E-state index contributed by atoms with van der Waals surface area (Å²) in [4.78, 5) is 18.2. The molecule has 1 aliphatic heterocycles. The highest BCUT2D eigenvalue weighted by Gasteiger charge is 2.22. The highest BCUT2D eigenvalue weighted by Crippen LogP contribution is 2.32. The normalized spacial score (nSPS) is 22.0. The van der Waals surface area contributed by atoms with Gasteiger partial charge in [-0.1, -0.05) is 32.1 Å². The van der Waals surface area contributed by atoms with E-state index in [0.717, 1.165) is 31.1 Å². The fraction of sp³-hybridized carbons (Fsp3) is 0.765. The van der Waals surface area contributed by atoms with Gasteiger partial charge >= 0.3 is 0 Å². The molecule has 1 aliphatic carbocycles. The number of carbonyl (C=O) groups is 1. The molecule has 0 unspecified atom stereocenters. The molecule has 4 nitrogen and oxygen atoms in total. The van der Waals surface area contributed by atoms with Crippen molar-refractivity contribution in [2.45, 2.75) is 63.7 Å². The van der Waals surface area contributed by atoms with Crippen LogP contribution in [0.5, 0.6) is 0 Å². The van der Waals surface area contributed by atoms with Crippen molar-refractivity contribution in [1.29, 1.82) is 0 Å². The zero-order chi connectivity index (χ0) is 15.2. The van der Waals surface area contributed by atoms with Crippen LogP contribution in [0.25, 0.3) is 0 Å². The van der Waals surface area contributed by atoms with Crippen LogP contribution in [0, 0.1) is 5.92 Å². The number of hydrogen-bond donors (Lipinski definition) is 2. The molecule has 1 aromatic heterocycles. The van der Waals surface area contributed by atoms with Gasteiger partial charge in [-0.3, -0.25) is 4.79 Å². The van der Waals surface area contributed by atoms with Gasteiger partial charge in [0, 0.05) is 17.0 Å². The summed E-state index contributed by atoms with van der Waals surface area (Å²) >= 11 is 1.67. The number of rotatable bonds is 3. The lowest BCUT2D eigenvalue weighted by Crippen LogP contribution is -2.26. The first-order valence-corrected chi connectivity index (χ1v) is 9.62. The highest BCUT2D eigenvalue weighted by atomic mass is 32.1. The Morgan fingerprint density at radius 2 is 1.77 bits per heavy atom. The first-order chi connectivity index (χ1) is 10.8. The summed E-state index contributed by atoms with van der Waals surface area (Å²) in [5, 5.41) is 7.26. The summed E-state index contributed by atoms with van der Waals surface area (Å²) in [7, 11) is 0. The molecule has 0 atom stereocenters. The average Bonchev–Trinajstić information content (AvgIpc) is 2.96. The van der Waals surface area contributed by atoms with Crippen LogP contribution >= 0.6 is 11.3 Å². The fourth-order valence-corrected chi connectivity index (χ4v) is 4.55. The van der Waals surface area contributed by atoms with Crippen LogP contribution in [0.3, 0.4) is 0 Å². The Hall–Kier alpha value is -0.940. The first kappa shape index (κ1) is 15.9. The van der Waals surface area contributed by atoms with Crippen molar-refractivity contribution in [3.63, 3.8) is 0 Å². The predicted octanol–water partition coefficient (Wildman–Crippen LogP) is 3.91. The van der Waals surface area contributed by atoms with Gasteiger partial charge in [-0.15, -0.1) is 11.3 Å². The Kier molecular flexibility index (Phi) is 5.84. The van der Waals surface area contributed by atoms with E-state index in [2.05, 4.69) is 15.6 Å². The molecule has 1 saturated carbocycles. The Balaban J connectivity index is 1.55. The minimum Gasteiger partial charge on any atom is -0.317 e. The number of thiazole rings is 1. The number of piperidine rings is 1. The van der Waals surface area contributed by atoms with Gasteiger partial charge in [-0.2, -0.15) is 0 Å². The summed E-state index contributed by atoms with van der Waals surface area (Å²) in [6.07, 6.45) is 12.7. The number of anilines is 1. The van der Waals surface area contributed by atoms with Gasteiger partial charge < -0.3 is 10.6 Å². The summed E-state index contributed by atoms with van der Waals surface area (Å²) in [6.45, 7) is 2.18. The highest BCUT2D eigenvalue weighted by molar-refractivity contribution is 7.15. The molecular formula is C17H27N3OS. The van der Waals surface area contributed by atoms with Crippen molar-refractivity contribution in [2.75, 3.05) is 18.4 Å². The Bertz CT molecular complexity index is 474. The lowest BCUT2D eigenvalue weighted by atomic mass is 9.90. The van der Waals surface area contributed by atoms with E-state index in [1.807, 2.05) is 6.20 Å². The van der Waals surface area contributed by atoms with E-state index in [1.54, 1.807) is 11.3 Å². The van der Waals surface area contributed by atoms with Crippen molar-refractivity contribution < 1.29 is 4.79 Å². The molecule has 1 aromatic rings. The molecule has 1 saturated heterocycles. The van der Waals surface area contributed by atoms with Crippen LogP contribution in [0.2, 0.25) is 0 Å². The van der Waals surface area contributed by atoms with E-state index >= 15 is 0 Å². The standard InChI is InChI=1S/C17H27N3OS/c21-16(14-6-4-2-1-3-5-7-14)20-17-19-12-15(22-17)13-8-10-18-11-9-13/h12-14,18H,1-11H2,(H,19,20,21). The maximum atomic E-state index is 12.5. The molecule has 2 heterocycles. The number of hydrogen-bond acceptors (Lipinski definition) is 4. The molecule has 0 aromatic carbocycles. The lowest BCUT2D eigenvalue weighted by molar-refractivity contribution is -0.120. The predicted molar refractivity (Wildman–Crippen MR) is 91.4 cm³/mol. The average molecular weight is 321 g/mol. The Morgan fingerprint density at radius 1 is 1.09 bits per heavy atom. The van der Waals surface area contributed by atoms with Gasteiger partial charge in [0.1, 0.15) is 0 Å². The van der Waals surface area contributed by atoms with Crippen LogP contribution in [0.1, 0.15) is 68.6 Å². The maximum Gasteiger partial charge on any atom is 0.229 e. The van der Waals surface area contributed by atoms with E-state index in [4.69, 9.17) is 0 Å². The molecule has 2 aliphatic rings. The van der Waals surface area contributed by atoms with Crippen molar-refractivity contribution in [2.24, 2.45) is 5.92 Å². The fourth-order valence-electron chi connectivity index (χ4n) is 3.57. The molecule has 3 rings (SSSR count). The SMILES string of the molecule is O=C(Nc1ncc(C2CCNCC2)s1)C1CCCCCCC1. The van der Waals surface area contributed by atoms with Crippen molar-refractivity contribution in [3.05, 3.63) is 11.1 Å². The van der Waals surface area contributed by atoms with Crippen LogP contribution in [0.15, 0.2) is 6.20 Å². The molecule has 2 N–H and O–H groups in total. The second kappa shape index (κ2) is 8.06. The van der Waals surface area contributed by atoms with Crippen LogP contribution in [-0.2, 0) is 4.79 Å². The molecule has 2 fully saturated rings. The van der Waals surface area contributed by atoms with Gasteiger partial charge in [0.2, 0.25) is 5.91 Å². The molecular weight excluding hydrogens is 294 g/mol. The first-order valence-electron chi connectivity index (χ1n) is 8.80. The molecule has 22 heavy (non-hydrogen) atoms. The van der Waals surface area contributed by atoms with Gasteiger partial charge in [-0.25, -0.2) is 4.98 Å². The summed E-state index contributed by atoms with van der Waals surface area (Å²) < 4.78 is 0. The van der Waals surface area contributed by atoms with E-state index in [1.165, 1.54) is 49.8 Å². The van der Waals surface area contributed by atoms with E-state index in [-0.39, 0.29) is 11.8 Å². The largest absolute Gasteiger partial charge is 0.317 e.